The molecule has 0 amide bonds. The molecule has 0 aliphatic carbocycles. The molecule has 0 aliphatic rings. The second-order valence-electron chi connectivity index (χ2n) is 7.48. The van der Waals surface area contributed by atoms with Gasteiger partial charge >= 0.3 is 0 Å². The molecule has 6 heteroatoms. The minimum atomic E-state index is 0.475. The fraction of sp³-hybridized carbons (Fsp3) is 0.364. The van der Waals surface area contributed by atoms with E-state index >= 15 is 0 Å². The Morgan fingerprint density at radius 2 is 1.75 bits per heavy atom. The molecule has 0 N–H and O–H groups in total. The molecule has 0 saturated carbocycles. The van der Waals surface area contributed by atoms with Crippen molar-refractivity contribution in [2.45, 2.75) is 33.6 Å². The molecule has 0 unspecified atom stereocenters. The summed E-state index contributed by atoms with van der Waals surface area (Å²) in [6.45, 7) is 6.71. The monoisotopic (exact) mass is 396 g/mol. The van der Waals surface area contributed by atoms with Crippen LogP contribution in [-0.4, -0.2) is 33.4 Å². The van der Waals surface area contributed by atoms with Gasteiger partial charge in [0.05, 0.1) is 13.8 Å². The number of nitrogens with zero attached hydrogens (tertiary/aromatic N) is 4. The van der Waals surface area contributed by atoms with Crippen molar-refractivity contribution in [3.63, 3.8) is 0 Å². The lowest BCUT2D eigenvalue weighted by Crippen LogP contribution is -2.22. The Hall–Kier alpha value is -2.44. The maximum atomic E-state index is 5.77. The Kier molecular flexibility index (Phi) is 6.65. The van der Waals surface area contributed by atoms with Gasteiger partial charge in [-0.3, -0.25) is 9.47 Å². The van der Waals surface area contributed by atoms with Crippen molar-refractivity contribution in [3.8, 4) is 17.1 Å². The van der Waals surface area contributed by atoms with Crippen molar-refractivity contribution in [1.29, 1.82) is 0 Å². The topological polar surface area (TPSA) is 35.2 Å². The van der Waals surface area contributed by atoms with Crippen LogP contribution in [0, 0.1) is 10.7 Å². The molecule has 0 aliphatic heterocycles. The Balaban J connectivity index is 1.89. The molecule has 148 valence electrons. The lowest BCUT2D eigenvalue weighted by molar-refractivity contribution is 0.243. The average Bonchev–Trinajstić information content (AvgIpc) is 2.98. The van der Waals surface area contributed by atoms with Gasteiger partial charge in [-0.15, -0.1) is 0 Å². The molecule has 1 aromatic heterocycles. The average molecular weight is 397 g/mol. The third-order valence-electron chi connectivity index (χ3n) is 4.49. The standard InChI is InChI=1S/C22H28N4OS/c1-17(2)14-25-21(19-10-12-20(27-4)13-11-19)23-26(22(25)28)16-24(3)15-18-8-6-5-7-9-18/h5-13,17H,14-16H2,1-4H3. The minimum Gasteiger partial charge on any atom is -0.497 e. The first-order chi connectivity index (χ1) is 13.5. The molecule has 1 heterocycles. The van der Waals surface area contributed by atoms with E-state index in [4.69, 9.17) is 22.1 Å². The molecule has 28 heavy (non-hydrogen) atoms. The molecule has 0 radical (unpaired) electrons. The van der Waals surface area contributed by atoms with Gasteiger partial charge in [-0.1, -0.05) is 44.2 Å². The molecule has 5 nitrogen and oxygen atoms in total. The molecule has 3 rings (SSSR count). The Labute approximate surface area is 172 Å². The van der Waals surface area contributed by atoms with Crippen LogP contribution in [0.3, 0.4) is 0 Å². The summed E-state index contributed by atoms with van der Waals surface area (Å²) in [5.41, 5.74) is 2.31. The molecule has 2 aromatic carbocycles. The number of hydrogen-bond donors (Lipinski definition) is 0. The summed E-state index contributed by atoms with van der Waals surface area (Å²) < 4.78 is 10.1. The van der Waals surface area contributed by atoms with Gasteiger partial charge in [-0.25, -0.2) is 4.68 Å². The first kappa shape index (κ1) is 20.3. The maximum Gasteiger partial charge on any atom is 0.199 e. The number of benzene rings is 2. The third kappa shape index (κ3) is 4.88. The van der Waals surface area contributed by atoms with Crippen LogP contribution in [0.15, 0.2) is 54.6 Å². The van der Waals surface area contributed by atoms with Crippen molar-refractivity contribution in [2.75, 3.05) is 14.2 Å². The molecule has 3 aromatic rings. The van der Waals surface area contributed by atoms with Crippen LogP contribution in [-0.2, 0) is 19.8 Å². The van der Waals surface area contributed by atoms with Gasteiger partial charge in [0.15, 0.2) is 10.6 Å². The van der Waals surface area contributed by atoms with Crippen molar-refractivity contribution in [2.24, 2.45) is 5.92 Å². The quantitative estimate of drug-likeness (QED) is 0.511. The minimum absolute atomic E-state index is 0.475. The van der Waals surface area contributed by atoms with E-state index in [0.29, 0.717) is 12.6 Å². The van der Waals surface area contributed by atoms with Gasteiger partial charge in [0.1, 0.15) is 5.75 Å². The van der Waals surface area contributed by atoms with Crippen LogP contribution in [0.25, 0.3) is 11.4 Å². The largest absolute Gasteiger partial charge is 0.497 e. The van der Waals surface area contributed by atoms with E-state index in [9.17, 15) is 0 Å². The highest BCUT2D eigenvalue weighted by Gasteiger charge is 2.15. The highest BCUT2D eigenvalue weighted by atomic mass is 32.1. The Morgan fingerprint density at radius 1 is 1.07 bits per heavy atom. The fourth-order valence-corrected chi connectivity index (χ4v) is 3.45. The number of rotatable bonds is 8. The maximum absolute atomic E-state index is 5.77. The molecule has 0 spiro atoms. The molecule has 0 fully saturated rings. The van der Waals surface area contributed by atoms with E-state index in [-0.39, 0.29) is 0 Å². The second-order valence-corrected chi connectivity index (χ2v) is 7.85. The van der Waals surface area contributed by atoms with E-state index in [2.05, 4.69) is 54.6 Å². The van der Waals surface area contributed by atoms with Crippen molar-refractivity contribution < 1.29 is 4.74 Å². The number of methoxy groups -OCH3 is 1. The number of hydrogen-bond acceptors (Lipinski definition) is 4. The normalized spacial score (nSPS) is 11.4. The lowest BCUT2D eigenvalue weighted by Gasteiger charge is -2.16. The van der Waals surface area contributed by atoms with Gasteiger partial charge in [0, 0.05) is 18.7 Å². The Bertz CT molecular complexity index is 945. The third-order valence-corrected chi connectivity index (χ3v) is 4.92. The zero-order chi connectivity index (χ0) is 20.1. The predicted molar refractivity (Wildman–Crippen MR) is 116 cm³/mol. The van der Waals surface area contributed by atoms with Crippen LogP contribution in [0.5, 0.6) is 5.75 Å². The van der Waals surface area contributed by atoms with E-state index in [1.54, 1.807) is 7.11 Å². The predicted octanol–water partition coefficient (Wildman–Crippen LogP) is 4.84. The smallest absolute Gasteiger partial charge is 0.199 e. The van der Waals surface area contributed by atoms with Gasteiger partial charge in [0.2, 0.25) is 0 Å². The number of ether oxygens (including phenoxy) is 1. The summed E-state index contributed by atoms with van der Waals surface area (Å²) in [6.07, 6.45) is 0. The second kappa shape index (κ2) is 9.17. The lowest BCUT2D eigenvalue weighted by atomic mass is 10.2. The van der Waals surface area contributed by atoms with Crippen molar-refractivity contribution >= 4 is 12.2 Å². The van der Waals surface area contributed by atoms with Crippen LogP contribution in [0.4, 0.5) is 0 Å². The molecular weight excluding hydrogens is 368 g/mol. The number of aromatic nitrogens is 3. The first-order valence-corrected chi connectivity index (χ1v) is 9.93. The van der Waals surface area contributed by atoms with Crippen LogP contribution >= 0.6 is 12.2 Å². The summed E-state index contributed by atoms with van der Waals surface area (Å²) in [5, 5.41) is 4.86. The van der Waals surface area contributed by atoms with Crippen molar-refractivity contribution in [1.82, 2.24) is 19.2 Å². The zero-order valence-electron chi connectivity index (χ0n) is 17.0. The summed E-state index contributed by atoms with van der Waals surface area (Å²) in [6, 6.07) is 18.4. The van der Waals surface area contributed by atoms with Crippen LogP contribution in [0.1, 0.15) is 19.4 Å². The highest BCUT2D eigenvalue weighted by Crippen LogP contribution is 2.23. The van der Waals surface area contributed by atoms with Crippen molar-refractivity contribution in [3.05, 3.63) is 64.9 Å². The summed E-state index contributed by atoms with van der Waals surface area (Å²) in [5.74, 6) is 2.21. The molecule has 0 atom stereocenters. The summed E-state index contributed by atoms with van der Waals surface area (Å²) in [4.78, 5) is 2.22. The molecule has 0 saturated heterocycles. The summed E-state index contributed by atoms with van der Waals surface area (Å²) >= 11 is 5.77. The molecule has 0 bridgehead atoms. The zero-order valence-corrected chi connectivity index (χ0v) is 17.8. The van der Waals surface area contributed by atoms with E-state index in [0.717, 1.165) is 35.0 Å². The fourth-order valence-electron chi connectivity index (χ4n) is 3.19. The SMILES string of the molecule is COc1ccc(-c2nn(CN(C)Cc3ccccc3)c(=S)n2CC(C)C)cc1. The van der Waals surface area contributed by atoms with Crippen LogP contribution < -0.4 is 4.74 Å². The highest BCUT2D eigenvalue weighted by molar-refractivity contribution is 7.71. The van der Waals surface area contributed by atoms with Crippen LogP contribution in [0.2, 0.25) is 0 Å². The van der Waals surface area contributed by atoms with Gasteiger partial charge in [0.25, 0.3) is 0 Å². The Morgan fingerprint density at radius 3 is 2.36 bits per heavy atom. The first-order valence-electron chi connectivity index (χ1n) is 9.52. The molecular formula is C22H28N4OS. The van der Waals surface area contributed by atoms with E-state index in [1.807, 2.05) is 35.0 Å². The van der Waals surface area contributed by atoms with Gasteiger partial charge in [-0.2, -0.15) is 5.10 Å². The summed E-state index contributed by atoms with van der Waals surface area (Å²) in [7, 11) is 3.76. The van der Waals surface area contributed by atoms with E-state index < -0.39 is 0 Å². The van der Waals surface area contributed by atoms with Gasteiger partial charge < -0.3 is 4.74 Å². The van der Waals surface area contributed by atoms with E-state index in [1.165, 1.54) is 5.56 Å². The van der Waals surface area contributed by atoms with Gasteiger partial charge in [-0.05, 0) is 55.0 Å².